The van der Waals surface area contributed by atoms with Crippen LogP contribution in [0, 0.1) is 39.0 Å². The normalized spacial score (nSPS) is 11.2. The SMILES string of the molecule is CCOc1cccc(NC(=O)/C(C#N)=C\c2cc(C)n(-c3cc(C)cc(C)c3)c2C)c1. The van der Waals surface area contributed by atoms with Crippen LogP contribution in [-0.2, 0) is 4.79 Å². The topological polar surface area (TPSA) is 67.0 Å². The van der Waals surface area contributed by atoms with E-state index in [1.54, 1.807) is 24.3 Å². The van der Waals surface area contributed by atoms with E-state index in [9.17, 15) is 10.1 Å². The van der Waals surface area contributed by atoms with Crippen molar-refractivity contribution in [2.45, 2.75) is 34.6 Å². The molecule has 0 aliphatic heterocycles. The van der Waals surface area contributed by atoms with E-state index in [2.05, 4.69) is 41.9 Å². The largest absolute Gasteiger partial charge is 0.494 e. The number of nitrogens with one attached hydrogen (secondary N) is 1. The fraction of sp³-hybridized carbons (Fsp3) is 0.231. The molecular formula is C26H27N3O2. The summed E-state index contributed by atoms with van der Waals surface area (Å²) in [6.45, 7) is 10.6. The van der Waals surface area contributed by atoms with Crippen molar-refractivity contribution >= 4 is 17.7 Å². The van der Waals surface area contributed by atoms with Crippen LogP contribution >= 0.6 is 0 Å². The van der Waals surface area contributed by atoms with Crippen LogP contribution in [0.5, 0.6) is 5.75 Å². The number of aromatic nitrogens is 1. The minimum Gasteiger partial charge on any atom is -0.494 e. The molecule has 1 heterocycles. The lowest BCUT2D eigenvalue weighted by atomic mass is 10.1. The Hall–Kier alpha value is -3.78. The van der Waals surface area contributed by atoms with Crippen molar-refractivity contribution in [3.63, 3.8) is 0 Å². The summed E-state index contributed by atoms with van der Waals surface area (Å²) in [4.78, 5) is 12.7. The van der Waals surface area contributed by atoms with Gasteiger partial charge in [0, 0.05) is 28.8 Å². The van der Waals surface area contributed by atoms with Crippen molar-refractivity contribution in [3.8, 4) is 17.5 Å². The van der Waals surface area contributed by atoms with Crippen LogP contribution in [0.15, 0.2) is 54.1 Å². The van der Waals surface area contributed by atoms with Crippen molar-refractivity contribution in [2.75, 3.05) is 11.9 Å². The molecule has 0 aliphatic carbocycles. The molecule has 0 atom stereocenters. The number of hydrogen-bond acceptors (Lipinski definition) is 3. The molecule has 0 aliphatic rings. The Balaban J connectivity index is 1.91. The molecule has 158 valence electrons. The molecule has 0 unspecified atom stereocenters. The maximum Gasteiger partial charge on any atom is 0.266 e. The highest BCUT2D eigenvalue weighted by Crippen LogP contribution is 2.25. The zero-order valence-electron chi connectivity index (χ0n) is 18.6. The minimum absolute atomic E-state index is 0.0440. The Morgan fingerprint density at radius 3 is 2.45 bits per heavy atom. The van der Waals surface area contributed by atoms with Gasteiger partial charge in [-0.2, -0.15) is 5.26 Å². The molecule has 3 rings (SSSR count). The van der Waals surface area contributed by atoms with Crippen LogP contribution < -0.4 is 10.1 Å². The quantitative estimate of drug-likeness (QED) is 0.419. The molecule has 1 N–H and O–H groups in total. The summed E-state index contributed by atoms with van der Waals surface area (Å²) in [6, 6.07) is 17.5. The molecule has 1 amide bonds. The number of carbonyl (C=O) groups is 1. The fourth-order valence-electron chi connectivity index (χ4n) is 3.74. The fourth-order valence-corrected chi connectivity index (χ4v) is 3.74. The zero-order chi connectivity index (χ0) is 22.5. The van der Waals surface area contributed by atoms with Gasteiger partial charge in [0.05, 0.1) is 6.61 Å². The predicted molar refractivity (Wildman–Crippen MR) is 125 cm³/mol. The van der Waals surface area contributed by atoms with E-state index in [1.165, 1.54) is 11.1 Å². The molecule has 31 heavy (non-hydrogen) atoms. The Morgan fingerprint density at radius 1 is 1.10 bits per heavy atom. The molecule has 0 bridgehead atoms. The summed E-state index contributed by atoms with van der Waals surface area (Å²) in [7, 11) is 0. The molecule has 0 saturated carbocycles. The number of nitrogens with zero attached hydrogens (tertiary/aromatic N) is 2. The summed E-state index contributed by atoms with van der Waals surface area (Å²) in [5, 5.41) is 12.4. The van der Waals surface area contributed by atoms with Gasteiger partial charge in [-0.25, -0.2) is 0 Å². The van der Waals surface area contributed by atoms with E-state index in [1.807, 2.05) is 39.0 Å². The number of amides is 1. The Labute approximate surface area is 183 Å². The van der Waals surface area contributed by atoms with Crippen LogP contribution in [0.3, 0.4) is 0 Å². The number of nitriles is 1. The van der Waals surface area contributed by atoms with Crippen LogP contribution in [0.4, 0.5) is 5.69 Å². The van der Waals surface area contributed by atoms with Gasteiger partial charge in [0.15, 0.2) is 0 Å². The third-order valence-electron chi connectivity index (χ3n) is 5.00. The van der Waals surface area contributed by atoms with Crippen molar-refractivity contribution in [3.05, 3.63) is 82.2 Å². The van der Waals surface area contributed by atoms with Gasteiger partial charge in [0.1, 0.15) is 17.4 Å². The lowest BCUT2D eigenvalue weighted by Crippen LogP contribution is -2.13. The first-order chi connectivity index (χ1) is 14.8. The summed E-state index contributed by atoms with van der Waals surface area (Å²) in [5.74, 6) is 0.215. The second-order valence-corrected chi connectivity index (χ2v) is 7.59. The molecule has 0 saturated heterocycles. The Morgan fingerprint density at radius 2 is 1.81 bits per heavy atom. The van der Waals surface area contributed by atoms with E-state index in [4.69, 9.17) is 4.74 Å². The van der Waals surface area contributed by atoms with Crippen molar-refractivity contribution < 1.29 is 9.53 Å². The van der Waals surface area contributed by atoms with E-state index < -0.39 is 5.91 Å². The van der Waals surface area contributed by atoms with Gasteiger partial charge in [-0.3, -0.25) is 4.79 Å². The Bertz CT molecular complexity index is 1180. The molecule has 3 aromatic rings. The molecule has 5 heteroatoms. The van der Waals surface area contributed by atoms with Gasteiger partial charge in [0.25, 0.3) is 5.91 Å². The molecule has 0 fully saturated rings. The number of hydrogen-bond donors (Lipinski definition) is 1. The van der Waals surface area contributed by atoms with E-state index in [-0.39, 0.29) is 5.57 Å². The lowest BCUT2D eigenvalue weighted by molar-refractivity contribution is -0.112. The van der Waals surface area contributed by atoms with Crippen molar-refractivity contribution in [1.29, 1.82) is 5.26 Å². The molecular weight excluding hydrogens is 386 g/mol. The molecule has 5 nitrogen and oxygen atoms in total. The van der Waals surface area contributed by atoms with E-state index in [0.717, 1.165) is 22.6 Å². The standard InChI is InChI=1S/C26H27N3O2/c1-6-31-25-9-7-8-23(15-25)28-26(30)22(16-27)14-21-13-19(4)29(20(21)5)24-11-17(2)10-18(3)12-24/h7-15H,6H2,1-5H3,(H,28,30)/b22-14-. The average molecular weight is 414 g/mol. The highest BCUT2D eigenvalue weighted by atomic mass is 16.5. The minimum atomic E-state index is -0.452. The van der Waals surface area contributed by atoms with Crippen molar-refractivity contribution in [1.82, 2.24) is 4.57 Å². The van der Waals surface area contributed by atoms with E-state index in [0.29, 0.717) is 18.0 Å². The Kier molecular flexibility index (Phi) is 6.61. The zero-order valence-corrected chi connectivity index (χ0v) is 18.6. The number of carbonyl (C=O) groups excluding carboxylic acids is 1. The number of benzene rings is 2. The second-order valence-electron chi connectivity index (χ2n) is 7.59. The molecule has 0 radical (unpaired) electrons. The van der Waals surface area contributed by atoms with Crippen LogP contribution in [0.25, 0.3) is 11.8 Å². The molecule has 1 aromatic heterocycles. The number of aryl methyl sites for hydroxylation is 3. The number of anilines is 1. The smallest absolute Gasteiger partial charge is 0.266 e. The monoisotopic (exact) mass is 413 g/mol. The predicted octanol–water partition coefficient (Wildman–Crippen LogP) is 5.66. The van der Waals surface area contributed by atoms with Gasteiger partial charge in [-0.15, -0.1) is 0 Å². The summed E-state index contributed by atoms with van der Waals surface area (Å²) in [6.07, 6.45) is 1.64. The summed E-state index contributed by atoms with van der Waals surface area (Å²) < 4.78 is 7.61. The van der Waals surface area contributed by atoms with Gasteiger partial charge < -0.3 is 14.6 Å². The average Bonchev–Trinajstić information content (AvgIpc) is 2.98. The number of ether oxygens (including phenoxy) is 1. The van der Waals surface area contributed by atoms with Gasteiger partial charge in [-0.1, -0.05) is 12.1 Å². The highest BCUT2D eigenvalue weighted by Gasteiger charge is 2.14. The maximum atomic E-state index is 12.7. The first-order valence-electron chi connectivity index (χ1n) is 10.3. The second kappa shape index (κ2) is 9.36. The highest BCUT2D eigenvalue weighted by molar-refractivity contribution is 6.09. The molecule has 0 spiro atoms. The maximum absolute atomic E-state index is 12.7. The first kappa shape index (κ1) is 21.9. The lowest BCUT2D eigenvalue weighted by Gasteiger charge is -2.12. The number of rotatable bonds is 6. The summed E-state index contributed by atoms with van der Waals surface area (Å²) in [5.41, 5.74) is 6.92. The first-order valence-corrected chi connectivity index (χ1v) is 10.3. The molecule has 2 aromatic carbocycles. The van der Waals surface area contributed by atoms with Crippen molar-refractivity contribution in [2.24, 2.45) is 0 Å². The van der Waals surface area contributed by atoms with Crippen LogP contribution in [0.2, 0.25) is 0 Å². The summed E-state index contributed by atoms with van der Waals surface area (Å²) >= 11 is 0. The van der Waals surface area contributed by atoms with Crippen LogP contribution in [-0.4, -0.2) is 17.1 Å². The van der Waals surface area contributed by atoms with Gasteiger partial charge in [-0.05, 0) is 87.7 Å². The van der Waals surface area contributed by atoms with E-state index >= 15 is 0 Å². The van der Waals surface area contributed by atoms with Gasteiger partial charge in [0.2, 0.25) is 0 Å². The van der Waals surface area contributed by atoms with Gasteiger partial charge >= 0.3 is 0 Å². The third kappa shape index (κ3) is 5.04. The third-order valence-corrected chi connectivity index (χ3v) is 5.00. The van der Waals surface area contributed by atoms with Crippen LogP contribution in [0.1, 0.15) is 35.0 Å².